The zero-order chi connectivity index (χ0) is 20.0. The van der Waals surface area contributed by atoms with Gasteiger partial charge in [-0.2, -0.15) is 26.3 Å². The van der Waals surface area contributed by atoms with E-state index in [1.54, 1.807) is 25.7 Å². The molecule has 6 radical (unpaired) electrons. The smallest absolute Gasteiger partial charge is 0.427 e. The van der Waals surface area contributed by atoms with Crippen molar-refractivity contribution in [1.82, 2.24) is 9.80 Å². The average molecular weight is 366 g/mol. The number of hydrogen-bond acceptors (Lipinski definition) is 3. The zero-order valence-electron chi connectivity index (χ0n) is 13.8. The molecule has 0 spiro atoms. The van der Waals surface area contributed by atoms with E-state index in [-0.39, 0.29) is 13.1 Å². The molecule has 136 valence electrons. The van der Waals surface area contributed by atoms with E-state index in [2.05, 4.69) is 12.6 Å². The van der Waals surface area contributed by atoms with Crippen LogP contribution in [0.15, 0.2) is 0 Å². The molecule has 1 saturated heterocycles. The van der Waals surface area contributed by atoms with Gasteiger partial charge in [0.05, 0.1) is 0 Å². The third-order valence-corrected chi connectivity index (χ3v) is 3.78. The third-order valence-electron chi connectivity index (χ3n) is 3.78. The maximum Gasteiger partial charge on any atom is 0.427 e. The summed E-state index contributed by atoms with van der Waals surface area (Å²) >= 11 is 0. The van der Waals surface area contributed by atoms with Crippen LogP contribution in [0.2, 0.25) is 0 Å². The van der Waals surface area contributed by atoms with Crippen molar-refractivity contribution in [1.29, 1.82) is 0 Å². The predicted molar refractivity (Wildman–Crippen MR) is 79.3 cm³/mol. The van der Waals surface area contributed by atoms with Crippen LogP contribution in [0.5, 0.6) is 0 Å². The Morgan fingerprint density at radius 1 is 0.960 bits per heavy atom. The van der Waals surface area contributed by atoms with E-state index in [4.69, 9.17) is 15.7 Å². The summed E-state index contributed by atoms with van der Waals surface area (Å²) in [4.78, 5) is 14.1. The highest BCUT2D eigenvalue weighted by Gasteiger charge is 2.70. The van der Waals surface area contributed by atoms with Gasteiger partial charge in [0, 0.05) is 30.5 Å². The first-order valence-electron chi connectivity index (χ1n) is 7.11. The standard InChI is InChI=1S/C12H15B3F6N2O2/c1-9(2,3)22-4-6(13)23(7(14)5-22)8(24)25-10(15,11(16,17)18)12(19,20)21/h6-7H,4-5H2,1-3H3. The van der Waals surface area contributed by atoms with Crippen molar-refractivity contribution in [3.8, 4) is 0 Å². The lowest BCUT2D eigenvalue weighted by molar-refractivity contribution is -0.331. The number of nitrogens with zero attached hydrogens (tertiary/aromatic N) is 2. The topological polar surface area (TPSA) is 32.8 Å². The molecular weight excluding hydrogens is 351 g/mol. The number of carbonyl (C=O) groups is 1. The lowest BCUT2D eigenvalue weighted by Crippen LogP contribution is -2.67. The maximum absolute atomic E-state index is 12.7. The molecule has 4 nitrogen and oxygen atoms in total. The van der Waals surface area contributed by atoms with E-state index in [1.807, 2.05) is 0 Å². The first-order valence-corrected chi connectivity index (χ1v) is 7.11. The number of piperazine rings is 1. The molecule has 1 rings (SSSR count). The van der Waals surface area contributed by atoms with Crippen LogP contribution in [0, 0.1) is 0 Å². The Morgan fingerprint density at radius 2 is 1.32 bits per heavy atom. The van der Waals surface area contributed by atoms with Gasteiger partial charge in [0.1, 0.15) is 15.7 Å². The fourth-order valence-corrected chi connectivity index (χ4v) is 2.23. The van der Waals surface area contributed by atoms with Gasteiger partial charge < -0.3 is 9.64 Å². The second-order valence-electron chi connectivity index (χ2n) is 6.72. The van der Waals surface area contributed by atoms with Crippen molar-refractivity contribution in [3.05, 3.63) is 0 Å². The van der Waals surface area contributed by atoms with Crippen LogP contribution in [0.25, 0.3) is 0 Å². The normalized spacial score (nSPS) is 24.3. The van der Waals surface area contributed by atoms with Crippen LogP contribution >= 0.6 is 0 Å². The van der Waals surface area contributed by atoms with Crippen molar-refractivity contribution < 1.29 is 35.9 Å². The number of alkyl halides is 6. The summed E-state index contributed by atoms with van der Waals surface area (Å²) in [6, 6.07) is 0. The minimum Gasteiger partial charge on any atom is -0.434 e. The van der Waals surface area contributed by atoms with E-state index in [9.17, 15) is 31.1 Å². The number of hydrogen-bond donors (Lipinski definition) is 0. The molecule has 13 heteroatoms. The van der Waals surface area contributed by atoms with Crippen LogP contribution < -0.4 is 0 Å². The van der Waals surface area contributed by atoms with E-state index < -0.39 is 41.4 Å². The Balaban J connectivity index is 3.04. The number of rotatable bonds is 1. The summed E-state index contributed by atoms with van der Waals surface area (Å²) in [7, 11) is 15.7. The van der Waals surface area contributed by atoms with Crippen molar-refractivity contribution in [2.24, 2.45) is 0 Å². The fourth-order valence-electron chi connectivity index (χ4n) is 2.23. The number of carbonyl (C=O) groups excluding carboxylic acids is 1. The lowest BCUT2D eigenvalue weighted by Gasteiger charge is -2.50. The first-order chi connectivity index (χ1) is 10.9. The Kier molecular flexibility index (Phi) is 5.84. The molecule has 2 unspecified atom stereocenters. The van der Waals surface area contributed by atoms with Crippen LogP contribution in [0.1, 0.15) is 20.8 Å². The van der Waals surface area contributed by atoms with E-state index in [0.717, 1.165) is 0 Å². The van der Waals surface area contributed by atoms with Gasteiger partial charge in [-0.15, -0.1) is 0 Å². The SMILES string of the molecule is [B]C1CN(C(C)(C)C)CC([B])N1C(=O)OC([B])(C(F)(F)F)C(F)(F)F. The molecule has 0 saturated carbocycles. The first kappa shape index (κ1) is 22.0. The van der Waals surface area contributed by atoms with Gasteiger partial charge in [-0.25, -0.2) is 4.79 Å². The Hall–Kier alpha value is -0.995. The number of amides is 1. The largest absolute Gasteiger partial charge is 0.434 e. The Bertz CT molecular complexity index is 483. The van der Waals surface area contributed by atoms with Gasteiger partial charge in [-0.05, 0) is 20.8 Å². The van der Waals surface area contributed by atoms with Gasteiger partial charge in [0.2, 0.25) is 0 Å². The summed E-state index contributed by atoms with van der Waals surface area (Å²) in [6.07, 6.45) is -14.2. The fraction of sp³-hybridized carbons (Fsp3) is 0.917. The monoisotopic (exact) mass is 366 g/mol. The summed E-state index contributed by atoms with van der Waals surface area (Å²) in [6.45, 7) is 5.36. The molecular formula is C12H15B3F6N2O2. The maximum atomic E-state index is 12.7. The van der Waals surface area contributed by atoms with Crippen molar-refractivity contribution in [2.75, 3.05) is 13.1 Å². The average Bonchev–Trinajstić information content (AvgIpc) is 2.33. The quantitative estimate of drug-likeness (QED) is 0.522. The zero-order valence-corrected chi connectivity index (χ0v) is 13.8. The molecule has 0 bridgehead atoms. The number of halogens is 6. The van der Waals surface area contributed by atoms with E-state index in [0.29, 0.717) is 4.90 Å². The molecule has 0 aromatic rings. The summed E-state index contributed by atoms with van der Waals surface area (Å²) in [5.74, 6) is -2.55. The van der Waals surface area contributed by atoms with E-state index in [1.165, 1.54) is 0 Å². The van der Waals surface area contributed by atoms with Gasteiger partial charge in [0.15, 0.2) is 7.85 Å². The molecule has 0 aromatic heterocycles. The molecule has 2 atom stereocenters. The second kappa shape index (κ2) is 6.62. The molecule has 0 aromatic carbocycles. The van der Waals surface area contributed by atoms with Crippen molar-refractivity contribution in [2.45, 2.75) is 56.0 Å². The van der Waals surface area contributed by atoms with Crippen LogP contribution in [-0.2, 0) is 4.74 Å². The summed E-state index contributed by atoms with van der Waals surface area (Å²) < 4.78 is 80.0. The summed E-state index contributed by atoms with van der Waals surface area (Å²) in [5, 5.41) is 0. The van der Waals surface area contributed by atoms with Gasteiger partial charge in [-0.3, -0.25) is 4.90 Å². The Morgan fingerprint density at radius 3 is 1.60 bits per heavy atom. The highest BCUT2D eigenvalue weighted by Crippen LogP contribution is 2.44. The Labute approximate surface area is 145 Å². The highest BCUT2D eigenvalue weighted by molar-refractivity contribution is 6.18. The molecule has 1 fully saturated rings. The molecule has 0 aliphatic carbocycles. The highest BCUT2D eigenvalue weighted by atomic mass is 19.4. The molecule has 1 amide bonds. The minimum atomic E-state index is -6.08. The van der Waals surface area contributed by atoms with Crippen LogP contribution in [-0.4, -0.2) is 87.8 Å². The molecule has 0 N–H and O–H groups in total. The molecule has 1 aliphatic heterocycles. The van der Waals surface area contributed by atoms with Gasteiger partial charge in [0.25, 0.3) is 5.50 Å². The molecule has 1 aliphatic rings. The lowest BCUT2D eigenvalue weighted by atomic mass is 9.79. The minimum absolute atomic E-state index is 0.0259. The van der Waals surface area contributed by atoms with Gasteiger partial charge in [-0.1, -0.05) is 0 Å². The number of ether oxygens (including phenoxy) is 1. The third kappa shape index (κ3) is 4.40. The molecule has 1 heterocycles. The van der Waals surface area contributed by atoms with Crippen molar-refractivity contribution in [3.63, 3.8) is 0 Å². The molecule has 25 heavy (non-hydrogen) atoms. The second-order valence-corrected chi connectivity index (χ2v) is 6.72. The van der Waals surface area contributed by atoms with Crippen molar-refractivity contribution >= 4 is 29.6 Å². The van der Waals surface area contributed by atoms with E-state index >= 15 is 0 Å². The predicted octanol–water partition coefficient (Wildman–Crippen LogP) is 1.52. The van der Waals surface area contributed by atoms with Crippen LogP contribution in [0.3, 0.4) is 0 Å². The van der Waals surface area contributed by atoms with Crippen LogP contribution in [0.4, 0.5) is 31.1 Å². The summed E-state index contributed by atoms with van der Waals surface area (Å²) in [5.41, 5.74) is -5.60. The van der Waals surface area contributed by atoms with Gasteiger partial charge >= 0.3 is 18.4 Å².